The zero-order chi connectivity index (χ0) is 24.9. The summed E-state index contributed by atoms with van der Waals surface area (Å²) >= 11 is 1.37. The van der Waals surface area contributed by atoms with Crippen LogP contribution in [0.3, 0.4) is 0 Å². The maximum absolute atomic E-state index is 13.4. The van der Waals surface area contributed by atoms with Gasteiger partial charge in [-0.25, -0.2) is 4.98 Å². The van der Waals surface area contributed by atoms with Crippen molar-refractivity contribution in [2.75, 3.05) is 12.0 Å². The lowest BCUT2D eigenvalue weighted by molar-refractivity contribution is -0.132. The number of aromatic nitrogens is 1. The van der Waals surface area contributed by atoms with Crippen molar-refractivity contribution in [3.63, 3.8) is 0 Å². The number of benzene rings is 3. The minimum Gasteiger partial charge on any atom is -0.507 e. The smallest absolute Gasteiger partial charge is 0.301 e. The first-order valence-electron chi connectivity index (χ1n) is 11.2. The molecule has 6 nitrogen and oxygen atoms in total. The van der Waals surface area contributed by atoms with Crippen LogP contribution in [0.4, 0.5) is 5.13 Å². The molecule has 0 aliphatic carbocycles. The summed E-state index contributed by atoms with van der Waals surface area (Å²) in [5.74, 6) is -1.06. The Morgan fingerprint density at radius 2 is 1.66 bits per heavy atom. The van der Waals surface area contributed by atoms with Crippen LogP contribution in [0.5, 0.6) is 5.75 Å². The third-order valence-electron chi connectivity index (χ3n) is 6.23. The highest BCUT2D eigenvalue weighted by Crippen LogP contribution is 2.44. The van der Waals surface area contributed by atoms with Crippen molar-refractivity contribution in [1.29, 1.82) is 0 Å². The highest BCUT2D eigenvalue weighted by atomic mass is 32.1. The molecule has 0 radical (unpaired) electrons. The number of rotatable bonds is 4. The lowest BCUT2D eigenvalue weighted by Crippen LogP contribution is -2.29. The molecule has 0 spiro atoms. The number of fused-ring (bicyclic) bond motifs is 1. The lowest BCUT2D eigenvalue weighted by atomic mass is 9.95. The van der Waals surface area contributed by atoms with Gasteiger partial charge >= 0.3 is 5.91 Å². The number of aryl methyl sites for hydroxylation is 3. The molecule has 1 N–H and O–H groups in total. The van der Waals surface area contributed by atoms with Gasteiger partial charge in [0.1, 0.15) is 11.5 Å². The molecule has 35 heavy (non-hydrogen) atoms. The van der Waals surface area contributed by atoms with Crippen LogP contribution in [0.25, 0.3) is 16.0 Å². The molecule has 1 aliphatic heterocycles. The fourth-order valence-corrected chi connectivity index (χ4v) is 5.63. The number of carbonyl (C=O) groups excluding carboxylic acids is 2. The highest BCUT2D eigenvalue weighted by Gasteiger charge is 2.48. The fraction of sp³-hybridized carbons (Fsp3) is 0.179. The van der Waals surface area contributed by atoms with Crippen LogP contribution in [-0.2, 0) is 9.59 Å². The van der Waals surface area contributed by atoms with Gasteiger partial charge in [0.2, 0.25) is 0 Å². The Morgan fingerprint density at radius 3 is 2.31 bits per heavy atom. The number of thiazole rings is 1. The van der Waals surface area contributed by atoms with Gasteiger partial charge in [0.05, 0.1) is 28.9 Å². The first-order valence-corrected chi connectivity index (χ1v) is 12.0. The molecule has 1 saturated heterocycles. The summed E-state index contributed by atoms with van der Waals surface area (Å²) in [5, 5.41) is 11.7. The van der Waals surface area contributed by atoms with Crippen molar-refractivity contribution >= 4 is 44.1 Å². The molecule has 5 rings (SSSR count). The summed E-state index contributed by atoms with van der Waals surface area (Å²) in [6, 6.07) is 17.6. The molecule has 1 amide bonds. The second kappa shape index (κ2) is 8.67. The van der Waals surface area contributed by atoms with E-state index >= 15 is 0 Å². The monoisotopic (exact) mass is 484 g/mol. The Balaban J connectivity index is 1.72. The Bertz CT molecular complexity index is 1500. The third kappa shape index (κ3) is 3.88. The third-order valence-corrected chi connectivity index (χ3v) is 7.23. The molecule has 1 atom stereocenters. The molecule has 3 aromatic carbocycles. The van der Waals surface area contributed by atoms with Gasteiger partial charge in [0, 0.05) is 5.56 Å². The molecule has 176 valence electrons. The quantitative estimate of drug-likeness (QED) is 0.223. The molecule has 1 aliphatic rings. The van der Waals surface area contributed by atoms with E-state index in [1.54, 1.807) is 31.4 Å². The lowest BCUT2D eigenvalue weighted by Gasteiger charge is -2.23. The normalized spacial score (nSPS) is 17.4. The number of hydrogen-bond acceptors (Lipinski definition) is 6. The Kier molecular flexibility index (Phi) is 5.65. The van der Waals surface area contributed by atoms with Gasteiger partial charge in [-0.15, -0.1) is 0 Å². The number of anilines is 1. The van der Waals surface area contributed by atoms with Crippen LogP contribution in [0, 0.1) is 20.8 Å². The number of nitrogens with zero attached hydrogens (tertiary/aromatic N) is 2. The van der Waals surface area contributed by atoms with E-state index in [0.717, 1.165) is 32.5 Å². The molecular formula is C28H24N2O4S. The van der Waals surface area contributed by atoms with E-state index in [4.69, 9.17) is 9.72 Å². The predicted octanol–water partition coefficient (Wildman–Crippen LogP) is 5.86. The first-order chi connectivity index (χ1) is 16.8. The number of methoxy groups -OCH3 is 1. The fourth-order valence-electron chi connectivity index (χ4n) is 4.46. The van der Waals surface area contributed by atoms with E-state index in [1.165, 1.54) is 16.2 Å². The van der Waals surface area contributed by atoms with E-state index in [2.05, 4.69) is 0 Å². The second-order valence-electron chi connectivity index (χ2n) is 8.73. The molecule has 0 unspecified atom stereocenters. The molecule has 0 bridgehead atoms. The molecular weight excluding hydrogens is 460 g/mol. The number of ketones is 1. The van der Waals surface area contributed by atoms with Crippen molar-refractivity contribution in [2.24, 2.45) is 0 Å². The molecule has 0 saturated carbocycles. The van der Waals surface area contributed by atoms with Crippen LogP contribution in [0.2, 0.25) is 0 Å². The standard InChI is InChI=1S/C28H24N2O4S/c1-15-5-7-18(8-6-15)24-22(25(31)19-9-11-20(34-4)12-10-19)26(32)27(33)30(24)28-29-23-17(3)13-16(2)14-21(23)35-28/h5-14,24,31H,1-4H3/t24-/m1/s1. The minimum absolute atomic E-state index is 0.0381. The van der Waals surface area contributed by atoms with Gasteiger partial charge in [-0.2, -0.15) is 0 Å². The summed E-state index contributed by atoms with van der Waals surface area (Å²) in [7, 11) is 1.55. The van der Waals surface area contributed by atoms with Gasteiger partial charge in [0.15, 0.2) is 5.13 Å². The highest BCUT2D eigenvalue weighted by molar-refractivity contribution is 7.22. The maximum atomic E-state index is 13.4. The van der Waals surface area contributed by atoms with Gasteiger partial charge in [-0.3, -0.25) is 14.5 Å². The van der Waals surface area contributed by atoms with E-state index in [9.17, 15) is 14.7 Å². The molecule has 7 heteroatoms. The van der Waals surface area contributed by atoms with Gasteiger partial charge in [-0.1, -0.05) is 47.2 Å². The van der Waals surface area contributed by atoms with Crippen molar-refractivity contribution in [3.8, 4) is 5.75 Å². The van der Waals surface area contributed by atoms with Gasteiger partial charge < -0.3 is 9.84 Å². The zero-order valence-corrected chi connectivity index (χ0v) is 20.6. The van der Waals surface area contributed by atoms with Crippen LogP contribution in [0.1, 0.15) is 33.9 Å². The number of aliphatic hydroxyl groups excluding tert-OH is 1. The van der Waals surface area contributed by atoms with Gasteiger partial charge in [-0.05, 0) is 67.8 Å². The topological polar surface area (TPSA) is 79.7 Å². The maximum Gasteiger partial charge on any atom is 0.301 e. The van der Waals surface area contributed by atoms with E-state index in [0.29, 0.717) is 16.4 Å². The summed E-state index contributed by atoms with van der Waals surface area (Å²) < 4.78 is 6.14. The number of carbonyl (C=O) groups is 2. The predicted molar refractivity (Wildman–Crippen MR) is 138 cm³/mol. The molecule has 1 aromatic heterocycles. The van der Waals surface area contributed by atoms with Crippen LogP contribution in [0.15, 0.2) is 66.2 Å². The number of ether oxygens (including phenoxy) is 1. The molecule has 1 fully saturated rings. The van der Waals surface area contributed by atoms with E-state index in [1.807, 2.05) is 57.2 Å². The SMILES string of the molecule is COc1ccc(C(O)=C2C(=O)C(=O)N(c3nc4c(C)cc(C)cc4s3)[C@@H]2c2ccc(C)cc2)cc1. The summed E-state index contributed by atoms with van der Waals surface area (Å²) in [4.78, 5) is 32.9. The van der Waals surface area contributed by atoms with Crippen LogP contribution < -0.4 is 9.64 Å². The molecule has 4 aromatic rings. The number of hydrogen-bond donors (Lipinski definition) is 1. The first kappa shape index (κ1) is 22.8. The second-order valence-corrected chi connectivity index (χ2v) is 9.74. The average molecular weight is 485 g/mol. The number of Topliss-reactive ketones (excluding diaryl/α,β-unsaturated/α-hetero) is 1. The van der Waals surface area contributed by atoms with Gasteiger partial charge in [0.25, 0.3) is 5.78 Å². The number of amides is 1. The van der Waals surface area contributed by atoms with E-state index < -0.39 is 17.7 Å². The molecule has 2 heterocycles. The Labute approximate surface area is 207 Å². The Hall–Kier alpha value is -3.97. The zero-order valence-electron chi connectivity index (χ0n) is 19.8. The van der Waals surface area contributed by atoms with Crippen molar-refractivity contribution < 1.29 is 19.4 Å². The Morgan fingerprint density at radius 1 is 0.971 bits per heavy atom. The summed E-state index contributed by atoms with van der Waals surface area (Å²) in [6.07, 6.45) is 0. The van der Waals surface area contributed by atoms with Crippen LogP contribution in [-0.4, -0.2) is 28.9 Å². The number of aliphatic hydroxyl groups is 1. The average Bonchev–Trinajstić information content (AvgIpc) is 3.38. The minimum atomic E-state index is -0.806. The summed E-state index contributed by atoms with van der Waals surface area (Å²) in [6.45, 7) is 5.96. The van der Waals surface area contributed by atoms with Crippen molar-refractivity contribution in [3.05, 3.63) is 94.1 Å². The van der Waals surface area contributed by atoms with Crippen molar-refractivity contribution in [1.82, 2.24) is 4.98 Å². The van der Waals surface area contributed by atoms with Crippen LogP contribution >= 0.6 is 11.3 Å². The van der Waals surface area contributed by atoms with E-state index in [-0.39, 0.29) is 11.3 Å². The summed E-state index contributed by atoms with van der Waals surface area (Å²) in [5.41, 5.74) is 5.14. The van der Waals surface area contributed by atoms with Crippen molar-refractivity contribution in [2.45, 2.75) is 26.8 Å². The largest absolute Gasteiger partial charge is 0.507 e.